The van der Waals surface area contributed by atoms with Crippen molar-refractivity contribution in [2.24, 2.45) is 14.1 Å². The zero-order chi connectivity index (χ0) is 13.8. The Morgan fingerprint density at radius 3 is 2.68 bits per heavy atom. The van der Waals surface area contributed by atoms with Gasteiger partial charge in [0, 0.05) is 39.0 Å². The van der Waals surface area contributed by atoms with Gasteiger partial charge >= 0.3 is 0 Å². The van der Waals surface area contributed by atoms with E-state index in [1.54, 1.807) is 0 Å². The zero-order valence-corrected chi connectivity index (χ0v) is 12.2. The van der Waals surface area contributed by atoms with Gasteiger partial charge in [-0.15, -0.1) is 0 Å². The second-order valence-electron chi connectivity index (χ2n) is 4.94. The standard InChI is InChI=1S/C14H23N5/c1-5-15-12(13-10-11(2)17-19(13)4)6-7-14-16-8-9-18(14)3/h8-10,12,15H,5-7H2,1-4H3. The number of rotatable bonds is 6. The molecule has 0 aromatic carbocycles. The third kappa shape index (κ3) is 3.23. The van der Waals surface area contributed by atoms with Gasteiger partial charge in [-0.1, -0.05) is 6.92 Å². The third-order valence-corrected chi connectivity index (χ3v) is 3.42. The van der Waals surface area contributed by atoms with Gasteiger partial charge in [-0.3, -0.25) is 4.68 Å². The van der Waals surface area contributed by atoms with Gasteiger partial charge in [0.1, 0.15) is 5.82 Å². The summed E-state index contributed by atoms with van der Waals surface area (Å²) in [7, 11) is 4.05. The Morgan fingerprint density at radius 2 is 2.16 bits per heavy atom. The summed E-state index contributed by atoms with van der Waals surface area (Å²) in [5.41, 5.74) is 2.31. The van der Waals surface area contributed by atoms with E-state index in [9.17, 15) is 0 Å². The van der Waals surface area contributed by atoms with E-state index in [2.05, 4.69) is 33.0 Å². The van der Waals surface area contributed by atoms with Crippen LogP contribution in [-0.4, -0.2) is 25.9 Å². The van der Waals surface area contributed by atoms with Gasteiger partial charge in [-0.25, -0.2) is 4.98 Å². The number of aromatic nitrogens is 4. The lowest BCUT2D eigenvalue weighted by Gasteiger charge is -2.18. The molecule has 2 heterocycles. The van der Waals surface area contributed by atoms with Crippen LogP contribution in [0.3, 0.4) is 0 Å². The van der Waals surface area contributed by atoms with Crippen LogP contribution in [0.15, 0.2) is 18.5 Å². The molecule has 5 heteroatoms. The highest BCUT2D eigenvalue weighted by Gasteiger charge is 2.16. The summed E-state index contributed by atoms with van der Waals surface area (Å²) in [6, 6.07) is 2.49. The van der Waals surface area contributed by atoms with E-state index in [-0.39, 0.29) is 0 Å². The van der Waals surface area contributed by atoms with Gasteiger partial charge in [-0.2, -0.15) is 5.10 Å². The molecule has 5 nitrogen and oxygen atoms in total. The molecular weight excluding hydrogens is 238 g/mol. The lowest BCUT2D eigenvalue weighted by Crippen LogP contribution is -2.24. The number of hydrogen-bond acceptors (Lipinski definition) is 3. The second kappa shape index (κ2) is 6.02. The van der Waals surface area contributed by atoms with Crippen LogP contribution >= 0.6 is 0 Å². The van der Waals surface area contributed by atoms with Crippen molar-refractivity contribution in [2.75, 3.05) is 6.54 Å². The molecule has 0 amide bonds. The predicted molar refractivity (Wildman–Crippen MR) is 75.9 cm³/mol. The lowest BCUT2D eigenvalue weighted by molar-refractivity contribution is 0.473. The molecule has 104 valence electrons. The monoisotopic (exact) mass is 261 g/mol. The molecule has 0 bridgehead atoms. The molecule has 2 rings (SSSR count). The van der Waals surface area contributed by atoms with Crippen LogP contribution in [0.2, 0.25) is 0 Å². The molecule has 0 fully saturated rings. The fourth-order valence-electron chi connectivity index (χ4n) is 2.47. The molecule has 0 saturated carbocycles. The summed E-state index contributed by atoms with van der Waals surface area (Å²) < 4.78 is 4.05. The fraction of sp³-hybridized carbons (Fsp3) is 0.571. The minimum absolute atomic E-state index is 0.327. The summed E-state index contributed by atoms with van der Waals surface area (Å²) in [6.07, 6.45) is 5.83. The Bertz CT molecular complexity index is 526. The average molecular weight is 261 g/mol. The smallest absolute Gasteiger partial charge is 0.108 e. The molecule has 0 aliphatic heterocycles. The van der Waals surface area contributed by atoms with Crippen molar-refractivity contribution in [1.82, 2.24) is 24.6 Å². The molecule has 2 aromatic rings. The zero-order valence-electron chi connectivity index (χ0n) is 12.2. The van der Waals surface area contributed by atoms with Crippen molar-refractivity contribution < 1.29 is 0 Å². The quantitative estimate of drug-likeness (QED) is 0.861. The largest absolute Gasteiger partial charge is 0.338 e. The van der Waals surface area contributed by atoms with Crippen LogP contribution in [-0.2, 0) is 20.5 Å². The second-order valence-corrected chi connectivity index (χ2v) is 4.94. The van der Waals surface area contributed by atoms with Gasteiger partial charge in [0.05, 0.1) is 11.4 Å². The molecule has 0 saturated heterocycles. The summed E-state index contributed by atoms with van der Waals surface area (Å²) in [5, 5.41) is 7.97. The third-order valence-electron chi connectivity index (χ3n) is 3.42. The molecule has 0 radical (unpaired) electrons. The number of nitrogens with zero attached hydrogens (tertiary/aromatic N) is 4. The first-order valence-corrected chi connectivity index (χ1v) is 6.82. The van der Waals surface area contributed by atoms with Gasteiger partial charge in [0.15, 0.2) is 0 Å². The lowest BCUT2D eigenvalue weighted by atomic mass is 10.1. The van der Waals surface area contributed by atoms with Crippen LogP contribution in [0.25, 0.3) is 0 Å². The molecule has 1 atom stereocenters. The summed E-state index contributed by atoms with van der Waals surface area (Å²) >= 11 is 0. The Hall–Kier alpha value is -1.62. The molecule has 1 N–H and O–H groups in total. The van der Waals surface area contributed by atoms with Crippen LogP contribution in [0, 0.1) is 6.92 Å². The first-order chi connectivity index (χ1) is 9.11. The maximum atomic E-state index is 4.43. The first kappa shape index (κ1) is 13.8. The van der Waals surface area contributed by atoms with Gasteiger partial charge in [0.2, 0.25) is 0 Å². The van der Waals surface area contributed by atoms with E-state index >= 15 is 0 Å². The summed E-state index contributed by atoms with van der Waals surface area (Å²) in [5.74, 6) is 1.13. The normalized spacial score (nSPS) is 12.8. The minimum atomic E-state index is 0.327. The SMILES string of the molecule is CCNC(CCc1nccn1C)c1cc(C)nn1C. The van der Waals surface area contributed by atoms with Crippen molar-refractivity contribution >= 4 is 0 Å². The predicted octanol–water partition coefficient (Wildman–Crippen LogP) is 1.75. The van der Waals surface area contributed by atoms with Crippen molar-refractivity contribution in [3.05, 3.63) is 35.7 Å². The van der Waals surface area contributed by atoms with Crippen LogP contribution in [0.1, 0.15) is 36.6 Å². The highest BCUT2D eigenvalue weighted by molar-refractivity contribution is 5.13. The van der Waals surface area contributed by atoms with Crippen molar-refractivity contribution in [3.63, 3.8) is 0 Å². The van der Waals surface area contributed by atoms with Crippen molar-refractivity contribution in [3.8, 4) is 0 Å². The first-order valence-electron chi connectivity index (χ1n) is 6.82. The van der Waals surface area contributed by atoms with Gasteiger partial charge in [0.25, 0.3) is 0 Å². The van der Waals surface area contributed by atoms with E-state index < -0.39 is 0 Å². The molecule has 19 heavy (non-hydrogen) atoms. The highest BCUT2D eigenvalue weighted by atomic mass is 15.3. The topological polar surface area (TPSA) is 47.7 Å². The van der Waals surface area contributed by atoms with E-state index in [0.717, 1.165) is 30.9 Å². The molecular formula is C14H23N5. The molecule has 2 aromatic heterocycles. The molecule has 0 aliphatic rings. The van der Waals surface area contributed by atoms with E-state index in [1.165, 1.54) is 5.69 Å². The Kier molecular flexibility index (Phi) is 4.37. The number of imidazole rings is 1. The Labute approximate surface area is 114 Å². The van der Waals surface area contributed by atoms with Crippen LogP contribution in [0.5, 0.6) is 0 Å². The average Bonchev–Trinajstić information content (AvgIpc) is 2.91. The highest BCUT2D eigenvalue weighted by Crippen LogP contribution is 2.19. The van der Waals surface area contributed by atoms with Crippen LogP contribution < -0.4 is 5.32 Å². The van der Waals surface area contributed by atoms with E-state index in [1.807, 2.05) is 38.1 Å². The van der Waals surface area contributed by atoms with Gasteiger partial charge in [-0.05, 0) is 26.0 Å². The molecule has 0 spiro atoms. The van der Waals surface area contributed by atoms with Crippen molar-refractivity contribution in [1.29, 1.82) is 0 Å². The maximum Gasteiger partial charge on any atom is 0.108 e. The minimum Gasteiger partial charge on any atom is -0.338 e. The fourth-order valence-corrected chi connectivity index (χ4v) is 2.47. The number of aryl methyl sites for hydroxylation is 4. The molecule has 0 aliphatic carbocycles. The van der Waals surface area contributed by atoms with Crippen molar-refractivity contribution in [2.45, 2.75) is 32.7 Å². The Balaban J connectivity index is 2.08. The van der Waals surface area contributed by atoms with Crippen LogP contribution in [0.4, 0.5) is 0 Å². The number of hydrogen-bond donors (Lipinski definition) is 1. The summed E-state index contributed by atoms with van der Waals surface area (Å²) in [6.45, 7) is 5.12. The van der Waals surface area contributed by atoms with Gasteiger partial charge < -0.3 is 9.88 Å². The van der Waals surface area contributed by atoms with E-state index in [0.29, 0.717) is 6.04 Å². The summed E-state index contributed by atoms with van der Waals surface area (Å²) in [4.78, 5) is 4.38. The maximum absolute atomic E-state index is 4.43. The van der Waals surface area contributed by atoms with E-state index in [4.69, 9.17) is 0 Å². The molecule has 1 unspecified atom stereocenters. The number of nitrogens with one attached hydrogen (secondary N) is 1. The Morgan fingerprint density at radius 1 is 1.37 bits per heavy atom.